The van der Waals surface area contributed by atoms with Gasteiger partial charge in [0.2, 0.25) is 0 Å². The van der Waals surface area contributed by atoms with Crippen LogP contribution in [0.25, 0.3) is 11.0 Å². The predicted molar refractivity (Wildman–Crippen MR) is 123 cm³/mol. The quantitative estimate of drug-likeness (QED) is 0.297. The van der Waals surface area contributed by atoms with Crippen LogP contribution in [0, 0.1) is 0 Å². The van der Waals surface area contributed by atoms with Crippen molar-refractivity contribution in [1.29, 1.82) is 0 Å². The number of anilines is 1. The molecule has 9 heteroatoms. The number of fused-ring (bicyclic) bond motifs is 1. The summed E-state index contributed by atoms with van der Waals surface area (Å²) in [6.07, 6.45) is 2.73. The molecule has 0 radical (unpaired) electrons. The molecule has 3 rings (SSSR count). The fraction of sp³-hybridized carbons (Fsp3) is 0.429. The summed E-state index contributed by atoms with van der Waals surface area (Å²) in [5.41, 5.74) is 7.99. The standard InChI is InChI=1S/C21H28N5O2S.Tl/c1-21(2,3)24-10-6-12-26-15-9-11-23-19(22)18(15)25-20(26)29-14-7-8-16(27-4)17(13-14)28-5;/h8-9,11,13,24H,6,10,12H2,1-5H3,(H2,22,23);. The molecule has 0 saturated carbocycles. The molecule has 0 aliphatic heterocycles. The molecule has 158 valence electrons. The number of hydrogen-bond donors (Lipinski definition) is 2. The average Bonchev–Trinajstić information content (AvgIpc) is 3.04. The van der Waals surface area contributed by atoms with Crippen LogP contribution in [-0.4, -0.2) is 66.6 Å². The molecule has 0 unspecified atom stereocenters. The molecule has 3 aromatic rings. The number of nitrogens with one attached hydrogen (secondary N) is 1. The first kappa shape index (κ1) is 23.1. The first-order valence-electron chi connectivity index (χ1n) is 9.78. The molecule has 0 aliphatic rings. The van der Waals surface area contributed by atoms with Gasteiger partial charge in [0.1, 0.15) is 0 Å². The van der Waals surface area contributed by atoms with E-state index in [2.05, 4.69) is 41.7 Å². The maximum absolute atomic E-state index is 6.12. The van der Waals surface area contributed by atoms with E-state index in [1.807, 2.05) is 12.1 Å². The minimum atomic E-state index is 0.102. The van der Waals surface area contributed by atoms with E-state index in [-0.39, 0.29) is 5.54 Å². The Kier molecular flexibility index (Phi) is 7.51. The molecule has 1 aromatic carbocycles. The number of rotatable bonds is 8. The summed E-state index contributed by atoms with van der Waals surface area (Å²) in [7, 11) is 3.32. The van der Waals surface area contributed by atoms with Crippen molar-refractivity contribution < 1.29 is 9.47 Å². The number of imidazole rings is 1. The van der Waals surface area contributed by atoms with Crippen LogP contribution in [-0.2, 0) is 6.54 Å². The van der Waals surface area contributed by atoms with Crippen molar-refractivity contribution in [2.24, 2.45) is 0 Å². The van der Waals surface area contributed by atoms with Gasteiger partial charge in [-0.1, -0.05) is 0 Å². The molecule has 0 spiro atoms. The number of pyridine rings is 1. The van der Waals surface area contributed by atoms with E-state index in [9.17, 15) is 0 Å². The summed E-state index contributed by atoms with van der Waals surface area (Å²) in [4.78, 5) is 10.2. The van der Waals surface area contributed by atoms with Gasteiger partial charge in [-0.25, -0.2) is 0 Å². The number of benzene rings is 1. The number of nitrogen functional groups attached to an aromatic ring is 1. The number of nitrogens with zero attached hydrogens (tertiary/aromatic N) is 3. The second kappa shape index (κ2) is 9.73. The summed E-state index contributed by atoms with van der Waals surface area (Å²) in [5.74, 6) is 1.94. The molecule has 0 atom stereocenters. The Morgan fingerprint density at radius 3 is 2.57 bits per heavy atom. The normalized spacial score (nSPS) is 11.7. The maximum atomic E-state index is 6.12. The van der Waals surface area contributed by atoms with Crippen LogP contribution in [0.5, 0.6) is 11.5 Å². The van der Waals surface area contributed by atoms with Crippen LogP contribution in [0.4, 0.5) is 5.82 Å². The van der Waals surface area contributed by atoms with Crippen LogP contribution in [0.2, 0.25) is 0 Å². The summed E-state index contributed by atoms with van der Waals surface area (Å²) >= 11 is 2.29. The molecule has 3 N–H and O–H groups in total. The van der Waals surface area contributed by atoms with Crippen molar-refractivity contribution in [2.75, 3.05) is 26.5 Å². The van der Waals surface area contributed by atoms with Crippen LogP contribution >= 0.6 is 11.8 Å². The molecule has 0 amide bonds. The van der Waals surface area contributed by atoms with E-state index in [0.717, 1.165) is 52.1 Å². The Hall–Kier alpha value is -1.53. The minimum absolute atomic E-state index is 0.102. The fourth-order valence-corrected chi connectivity index (χ4v) is 5.68. The molecule has 30 heavy (non-hydrogen) atoms. The second-order valence-electron chi connectivity index (χ2n) is 7.99. The Labute approximate surface area is 197 Å². The monoisotopic (exact) mass is 619 g/mol. The molecule has 2 heterocycles. The molecular weight excluding hydrogens is 591 g/mol. The Morgan fingerprint density at radius 1 is 1.20 bits per heavy atom. The molecule has 0 bridgehead atoms. The predicted octanol–water partition coefficient (Wildman–Crippen LogP) is 2.75. The first-order valence-corrected chi connectivity index (χ1v) is 12.8. The van der Waals surface area contributed by atoms with Gasteiger partial charge in [0, 0.05) is 0 Å². The number of aromatic nitrogens is 3. The van der Waals surface area contributed by atoms with Crippen LogP contribution in [0.3, 0.4) is 0 Å². The Bertz CT molecular complexity index is 1030. The van der Waals surface area contributed by atoms with Gasteiger partial charge in [-0.3, -0.25) is 0 Å². The number of methoxy groups -OCH3 is 2. The van der Waals surface area contributed by atoms with Gasteiger partial charge in [0.15, 0.2) is 0 Å². The summed E-state index contributed by atoms with van der Waals surface area (Å²) in [6, 6.07) is 6.07. The van der Waals surface area contributed by atoms with Crippen molar-refractivity contribution in [2.45, 2.75) is 49.3 Å². The number of ether oxygens (including phenoxy) is 2. The van der Waals surface area contributed by atoms with Crippen LogP contribution in [0.1, 0.15) is 27.2 Å². The number of nitrogens with two attached hydrogens (primary N) is 1. The van der Waals surface area contributed by atoms with E-state index in [1.165, 1.54) is 3.12 Å². The summed E-state index contributed by atoms with van der Waals surface area (Å²) in [6.45, 7) is 8.31. The molecule has 0 fully saturated rings. The van der Waals surface area contributed by atoms with Gasteiger partial charge < -0.3 is 0 Å². The van der Waals surface area contributed by atoms with E-state index >= 15 is 0 Å². The molecule has 0 saturated heterocycles. The van der Waals surface area contributed by atoms with E-state index in [4.69, 9.17) is 20.2 Å². The average molecular weight is 619 g/mol. The van der Waals surface area contributed by atoms with E-state index in [1.54, 1.807) is 32.2 Å². The van der Waals surface area contributed by atoms with Crippen molar-refractivity contribution in [1.82, 2.24) is 19.9 Å². The Balaban J connectivity index is 1.94. The van der Waals surface area contributed by atoms with Gasteiger partial charge in [-0.2, -0.15) is 0 Å². The van der Waals surface area contributed by atoms with Gasteiger partial charge in [-0.15, -0.1) is 0 Å². The zero-order chi connectivity index (χ0) is 21.9. The SMILES string of the molecule is COc1c[c]([Tl])c(Sc2nc3c(N)nccc3n2CCCNC(C)(C)C)cc1OC. The van der Waals surface area contributed by atoms with Gasteiger partial charge in [0.05, 0.1) is 0 Å². The topological polar surface area (TPSA) is 87.2 Å². The van der Waals surface area contributed by atoms with Crippen LogP contribution in [0.15, 0.2) is 34.4 Å². The van der Waals surface area contributed by atoms with Crippen molar-refractivity contribution in [3.05, 3.63) is 24.4 Å². The van der Waals surface area contributed by atoms with Crippen LogP contribution < -0.4 is 23.6 Å². The third-order valence-corrected chi connectivity index (χ3v) is 8.33. The van der Waals surface area contributed by atoms with Gasteiger partial charge in [-0.05, 0) is 0 Å². The van der Waals surface area contributed by atoms with E-state index < -0.39 is 0 Å². The second-order valence-corrected chi connectivity index (χ2v) is 11.4. The van der Waals surface area contributed by atoms with Crippen molar-refractivity contribution in [3.63, 3.8) is 0 Å². The molecule has 0 aliphatic carbocycles. The van der Waals surface area contributed by atoms with Gasteiger partial charge >= 0.3 is 199 Å². The number of aryl methyl sites for hydroxylation is 1. The fourth-order valence-electron chi connectivity index (χ4n) is 3.11. The van der Waals surface area contributed by atoms with Crippen molar-refractivity contribution in [3.8, 4) is 11.5 Å². The van der Waals surface area contributed by atoms with E-state index in [0.29, 0.717) is 31.6 Å². The first-order chi connectivity index (χ1) is 14.2. The molecular formula is C21H28N5O2STl. The molecule has 7 nitrogen and oxygen atoms in total. The zero-order valence-electron chi connectivity index (χ0n) is 18.2. The number of hydrogen-bond acceptors (Lipinski definition) is 7. The third kappa shape index (κ3) is 5.39. The van der Waals surface area contributed by atoms with Gasteiger partial charge in [0.25, 0.3) is 0 Å². The zero-order valence-corrected chi connectivity index (χ0v) is 23.5. The van der Waals surface area contributed by atoms with Crippen molar-refractivity contribution >= 4 is 57.5 Å². The third-order valence-electron chi connectivity index (χ3n) is 4.59. The Morgan fingerprint density at radius 2 is 1.90 bits per heavy atom. The summed E-state index contributed by atoms with van der Waals surface area (Å²) in [5, 5.41) is 4.46. The summed E-state index contributed by atoms with van der Waals surface area (Å²) < 4.78 is 14.4. The molecule has 2 aromatic heterocycles.